The summed E-state index contributed by atoms with van der Waals surface area (Å²) in [5, 5.41) is 10.5. The van der Waals surface area contributed by atoms with Gasteiger partial charge in [-0.25, -0.2) is 0 Å². The monoisotopic (exact) mass is 196 g/mol. The van der Waals surface area contributed by atoms with E-state index in [4.69, 9.17) is 0 Å². The van der Waals surface area contributed by atoms with E-state index in [9.17, 15) is 9.90 Å². The normalized spacial score (nSPS) is 49.6. The highest BCUT2D eigenvalue weighted by atomic mass is 16.3. The molecule has 2 rings (SSSR count). The summed E-state index contributed by atoms with van der Waals surface area (Å²) in [7, 11) is 0. The first-order valence-corrected chi connectivity index (χ1v) is 5.49. The van der Waals surface area contributed by atoms with Crippen LogP contribution < -0.4 is 0 Å². The van der Waals surface area contributed by atoms with Gasteiger partial charge in [0.25, 0.3) is 0 Å². The summed E-state index contributed by atoms with van der Waals surface area (Å²) >= 11 is 0. The van der Waals surface area contributed by atoms with Gasteiger partial charge in [0.2, 0.25) is 0 Å². The van der Waals surface area contributed by atoms with E-state index in [1.54, 1.807) is 0 Å². The van der Waals surface area contributed by atoms with Crippen molar-refractivity contribution in [2.45, 2.75) is 52.6 Å². The first-order chi connectivity index (χ1) is 6.26. The molecule has 0 radical (unpaired) electrons. The van der Waals surface area contributed by atoms with Gasteiger partial charge in [-0.2, -0.15) is 0 Å². The summed E-state index contributed by atoms with van der Waals surface area (Å²) in [4.78, 5) is 11.6. The van der Waals surface area contributed by atoms with Crippen LogP contribution in [0, 0.1) is 16.7 Å². The Labute approximate surface area is 85.7 Å². The smallest absolute Gasteiger partial charge is 0.161 e. The van der Waals surface area contributed by atoms with Gasteiger partial charge in [0.1, 0.15) is 5.60 Å². The number of rotatable bonds is 1. The van der Waals surface area contributed by atoms with E-state index < -0.39 is 5.60 Å². The molecule has 14 heavy (non-hydrogen) atoms. The van der Waals surface area contributed by atoms with Gasteiger partial charge in [0.05, 0.1) is 0 Å². The Kier molecular flexibility index (Phi) is 1.75. The standard InChI is InChI=1S/C12H20O2/c1-8(13)12(14)7-9-5-6-11(12,4)10(9,2)3/h9,14H,5-7H2,1-4H3/t9-,11+,12-/m1/s1. The minimum absolute atomic E-state index is 0.0460. The molecule has 0 saturated heterocycles. The van der Waals surface area contributed by atoms with E-state index in [1.807, 2.05) is 0 Å². The fraction of sp³-hybridized carbons (Fsp3) is 0.917. The number of fused-ring (bicyclic) bond motifs is 2. The van der Waals surface area contributed by atoms with E-state index in [-0.39, 0.29) is 16.6 Å². The second-order valence-electron chi connectivity index (χ2n) is 5.91. The van der Waals surface area contributed by atoms with E-state index in [1.165, 1.54) is 13.3 Å². The third-order valence-electron chi connectivity index (χ3n) is 5.47. The molecule has 1 N–H and O–H groups in total. The van der Waals surface area contributed by atoms with Crippen LogP contribution in [0.25, 0.3) is 0 Å². The first kappa shape index (κ1) is 10.2. The molecule has 80 valence electrons. The fourth-order valence-corrected chi connectivity index (χ4v) is 3.81. The van der Waals surface area contributed by atoms with Gasteiger partial charge in [0.15, 0.2) is 5.78 Å². The lowest BCUT2D eigenvalue weighted by Gasteiger charge is -2.43. The molecule has 2 heteroatoms. The predicted octanol–water partition coefficient (Wildman–Crippen LogP) is 2.15. The lowest BCUT2D eigenvalue weighted by atomic mass is 9.63. The largest absolute Gasteiger partial charge is 0.381 e. The topological polar surface area (TPSA) is 37.3 Å². The molecule has 2 aliphatic carbocycles. The zero-order valence-electron chi connectivity index (χ0n) is 9.55. The first-order valence-electron chi connectivity index (χ1n) is 5.49. The molecule has 0 heterocycles. The maximum absolute atomic E-state index is 11.6. The van der Waals surface area contributed by atoms with Crippen molar-refractivity contribution in [3.63, 3.8) is 0 Å². The quantitative estimate of drug-likeness (QED) is 0.697. The molecule has 0 aromatic carbocycles. The highest BCUT2D eigenvalue weighted by Crippen LogP contribution is 2.69. The maximum atomic E-state index is 11.6. The lowest BCUT2D eigenvalue weighted by molar-refractivity contribution is -0.152. The van der Waals surface area contributed by atoms with Gasteiger partial charge in [-0.15, -0.1) is 0 Å². The van der Waals surface area contributed by atoms with Crippen molar-refractivity contribution >= 4 is 5.78 Å². The number of aliphatic hydroxyl groups is 1. The van der Waals surface area contributed by atoms with Crippen molar-refractivity contribution in [1.29, 1.82) is 0 Å². The van der Waals surface area contributed by atoms with E-state index in [0.717, 1.165) is 6.42 Å². The molecule has 0 unspecified atom stereocenters. The number of hydrogen-bond donors (Lipinski definition) is 1. The maximum Gasteiger partial charge on any atom is 0.161 e. The van der Waals surface area contributed by atoms with Gasteiger partial charge in [-0.05, 0) is 37.5 Å². The summed E-state index contributed by atoms with van der Waals surface area (Å²) in [5.41, 5.74) is -1.16. The SMILES string of the molecule is CC(=O)[C@]1(O)C[C@H]2CC[C@@]1(C)C2(C)C. The van der Waals surface area contributed by atoms with Crippen LogP contribution in [0.2, 0.25) is 0 Å². The van der Waals surface area contributed by atoms with Crippen LogP contribution in [-0.2, 0) is 4.79 Å². The fourth-order valence-electron chi connectivity index (χ4n) is 3.81. The molecule has 0 aromatic heterocycles. The lowest BCUT2D eigenvalue weighted by Crippen LogP contribution is -2.51. The molecular formula is C12H20O2. The third-order valence-corrected chi connectivity index (χ3v) is 5.47. The predicted molar refractivity (Wildman–Crippen MR) is 54.9 cm³/mol. The Bertz CT molecular complexity index is 295. The Morgan fingerprint density at radius 1 is 1.36 bits per heavy atom. The molecule has 2 aliphatic rings. The molecule has 0 amide bonds. The van der Waals surface area contributed by atoms with Crippen molar-refractivity contribution in [1.82, 2.24) is 0 Å². The number of carbonyl (C=O) groups is 1. The van der Waals surface area contributed by atoms with E-state index in [2.05, 4.69) is 20.8 Å². The minimum atomic E-state index is -1.06. The molecule has 2 saturated carbocycles. The van der Waals surface area contributed by atoms with Crippen molar-refractivity contribution in [3.8, 4) is 0 Å². The molecule has 2 bridgehead atoms. The van der Waals surface area contributed by atoms with Gasteiger partial charge >= 0.3 is 0 Å². The van der Waals surface area contributed by atoms with Crippen molar-refractivity contribution in [2.24, 2.45) is 16.7 Å². The van der Waals surface area contributed by atoms with Crippen molar-refractivity contribution in [3.05, 3.63) is 0 Å². The third kappa shape index (κ3) is 0.796. The molecule has 0 aromatic rings. The highest BCUT2D eigenvalue weighted by Gasteiger charge is 2.70. The number of Topliss-reactive ketones (excluding diaryl/α,β-unsaturated/α-hetero) is 1. The summed E-state index contributed by atoms with van der Waals surface area (Å²) in [6, 6.07) is 0. The van der Waals surface area contributed by atoms with Gasteiger partial charge in [0, 0.05) is 5.41 Å². The zero-order chi connectivity index (χ0) is 10.8. The van der Waals surface area contributed by atoms with E-state index in [0.29, 0.717) is 12.3 Å². The van der Waals surface area contributed by atoms with Gasteiger partial charge in [-0.1, -0.05) is 20.8 Å². The van der Waals surface area contributed by atoms with Crippen LogP contribution in [0.1, 0.15) is 47.0 Å². The van der Waals surface area contributed by atoms with Crippen LogP contribution >= 0.6 is 0 Å². The molecule has 2 nitrogen and oxygen atoms in total. The number of carbonyl (C=O) groups excluding carboxylic acids is 1. The Morgan fingerprint density at radius 2 is 1.93 bits per heavy atom. The number of ketones is 1. The average Bonchev–Trinajstić information content (AvgIpc) is 2.36. The number of hydrogen-bond acceptors (Lipinski definition) is 2. The Hall–Kier alpha value is -0.370. The van der Waals surface area contributed by atoms with Crippen LogP contribution in [0.15, 0.2) is 0 Å². The molecular weight excluding hydrogens is 176 g/mol. The van der Waals surface area contributed by atoms with Gasteiger partial charge < -0.3 is 5.11 Å². The molecule has 0 aliphatic heterocycles. The average molecular weight is 196 g/mol. The molecule has 0 spiro atoms. The summed E-state index contributed by atoms with van der Waals surface area (Å²) in [6.07, 6.45) is 2.83. The zero-order valence-corrected chi connectivity index (χ0v) is 9.55. The molecule has 3 atom stereocenters. The second kappa shape index (κ2) is 2.41. The van der Waals surface area contributed by atoms with E-state index >= 15 is 0 Å². The van der Waals surface area contributed by atoms with Crippen LogP contribution in [-0.4, -0.2) is 16.5 Å². The Morgan fingerprint density at radius 3 is 2.14 bits per heavy atom. The van der Waals surface area contributed by atoms with Gasteiger partial charge in [-0.3, -0.25) is 4.79 Å². The second-order valence-corrected chi connectivity index (χ2v) is 5.91. The Balaban J connectivity index is 2.50. The minimum Gasteiger partial charge on any atom is -0.381 e. The van der Waals surface area contributed by atoms with Crippen molar-refractivity contribution < 1.29 is 9.90 Å². The summed E-state index contributed by atoms with van der Waals surface area (Å²) in [5.74, 6) is 0.469. The molecule has 2 fully saturated rings. The summed E-state index contributed by atoms with van der Waals surface area (Å²) in [6.45, 7) is 8.01. The summed E-state index contributed by atoms with van der Waals surface area (Å²) < 4.78 is 0. The highest BCUT2D eigenvalue weighted by molar-refractivity contribution is 5.86. The van der Waals surface area contributed by atoms with Crippen molar-refractivity contribution in [2.75, 3.05) is 0 Å². The van der Waals surface area contributed by atoms with Crippen LogP contribution in [0.3, 0.4) is 0 Å². The van der Waals surface area contributed by atoms with Crippen LogP contribution in [0.4, 0.5) is 0 Å². The van der Waals surface area contributed by atoms with Crippen LogP contribution in [0.5, 0.6) is 0 Å².